The summed E-state index contributed by atoms with van der Waals surface area (Å²) in [5.41, 5.74) is -2.27. The van der Waals surface area contributed by atoms with Crippen LogP contribution in [0.4, 0.5) is 0 Å². The molecule has 2 aliphatic rings. The molecule has 8 N–H and O–H groups in total. The molecule has 244 valence electrons. The Kier molecular flexibility index (Phi) is 5.68. The van der Waals surface area contributed by atoms with Gasteiger partial charge in [-0.15, -0.1) is 0 Å². The summed E-state index contributed by atoms with van der Waals surface area (Å²) in [6.07, 6.45) is 2.47. The topological polar surface area (TPSA) is 222 Å². The second kappa shape index (κ2) is 9.28. The average molecular weight is 653 g/mol. The standard InChI is InChI=1S/C36H28O12/c1-11-4-15-22-26(27-31(44)25-17(40)6-13(38)8-20(25)48-35(27)33(46)32(22)45)21(28(15)36(2,3)10-11)14-9-18(41)29(42)34-23(14)30(43)24-16(39)5-12(37)7-19(24)47-34/h4-9,15,21,28,37-42,45-46H,10H2,1-3H3/t15-,21-,28-/m0/s1. The van der Waals surface area contributed by atoms with E-state index in [4.69, 9.17) is 8.83 Å². The van der Waals surface area contributed by atoms with Crippen LogP contribution in [0.3, 0.4) is 0 Å². The quantitative estimate of drug-likeness (QED) is 0.0576. The van der Waals surface area contributed by atoms with E-state index >= 15 is 0 Å². The van der Waals surface area contributed by atoms with Gasteiger partial charge < -0.3 is 49.7 Å². The first-order valence-electron chi connectivity index (χ1n) is 15.1. The molecule has 0 saturated carbocycles. The number of hydrogen-bond acceptors (Lipinski definition) is 12. The molecule has 0 bridgehead atoms. The molecule has 0 spiro atoms. The summed E-state index contributed by atoms with van der Waals surface area (Å²) in [4.78, 5) is 28.7. The van der Waals surface area contributed by atoms with Gasteiger partial charge in [0.25, 0.3) is 0 Å². The predicted molar refractivity (Wildman–Crippen MR) is 174 cm³/mol. The SMILES string of the molecule is CC1=C[C@H]2c3c(O)c(O)c4oc5cc(O)cc(O)c5c(=O)c4c3[C@H](c3cc(O)c(O)c4oc5cc(O)cc(O)c5c(=O)c34)[C@H]2C(C)(C)C1. The molecule has 2 heterocycles. The average Bonchev–Trinajstić information content (AvgIpc) is 3.32. The van der Waals surface area contributed by atoms with Crippen LogP contribution in [0.15, 0.2) is 60.4 Å². The maximum absolute atomic E-state index is 14.4. The first-order valence-corrected chi connectivity index (χ1v) is 15.1. The Morgan fingerprint density at radius 3 is 1.77 bits per heavy atom. The molecule has 0 amide bonds. The van der Waals surface area contributed by atoms with Crippen LogP contribution in [0.5, 0.6) is 46.0 Å². The third-order valence-electron chi connectivity index (χ3n) is 10.0. The highest BCUT2D eigenvalue weighted by atomic mass is 16.4. The Labute approximate surface area is 268 Å². The smallest absolute Gasteiger partial charge is 0.204 e. The van der Waals surface area contributed by atoms with Crippen molar-refractivity contribution in [3.05, 3.63) is 79.1 Å². The zero-order chi connectivity index (χ0) is 34.3. The maximum atomic E-state index is 14.4. The van der Waals surface area contributed by atoms with E-state index in [1.165, 1.54) is 6.07 Å². The number of allylic oxidation sites excluding steroid dienone is 2. The number of phenols is 8. The third kappa shape index (κ3) is 3.65. The number of rotatable bonds is 1. The van der Waals surface area contributed by atoms with E-state index in [2.05, 4.69) is 0 Å². The molecular weight excluding hydrogens is 624 g/mol. The summed E-state index contributed by atoms with van der Waals surface area (Å²) in [6.45, 7) is 5.86. The molecule has 0 saturated heterocycles. The van der Waals surface area contributed by atoms with Crippen molar-refractivity contribution in [2.24, 2.45) is 11.3 Å². The van der Waals surface area contributed by atoms with Crippen molar-refractivity contribution in [3.63, 3.8) is 0 Å². The lowest BCUT2D eigenvalue weighted by atomic mass is 9.61. The minimum Gasteiger partial charge on any atom is -0.508 e. The van der Waals surface area contributed by atoms with Crippen LogP contribution in [0.2, 0.25) is 0 Å². The highest BCUT2D eigenvalue weighted by Crippen LogP contribution is 2.66. The van der Waals surface area contributed by atoms with E-state index in [0.29, 0.717) is 6.42 Å². The Bertz CT molecular complexity index is 2620. The van der Waals surface area contributed by atoms with Crippen LogP contribution in [0.1, 0.15) is 55.7 Å². The van der Waals surface area contributed by atoms with Crippen molar-refractivity contribution in [1.82, 2.24) is 0 Å². The van der Waals surface area contributed by atoms with Gasteiger partial charge in [-0.05, 0) is 41.9 Å². The fourth-order valence-electron chi connectivity index (χ4n) is 8.46. The van der Waals surface area contributed by atoms with Gasteiger partial charge >= 0.3 is 0 Å². The van der Waals surface area contributed by atoms with Crippen molar-refractivity contribution in [2.45, 2.75) is 39.0 Å². The molecule has 0 radical (unpaired) electrons. The normalized spacial score (nSPS) is 20.0. The van der Waals surface area contributed by atoms with Crippen LogP contribution in [0, 0.1) is 11.3 Å². The van der Waals surface area contributed by atoms with Crippen molar-refractivity contribution in [3.8, 4) is 46.0 Å². The van der Waals surface area contributed by atoms with Crippen molar-refractivity contribution in [2.75, 3.05) is 0 Å². The fourth-order valence-corrected chi connectivity index (χ4v) is 8.46. The molecule has 0 unspecified atom stereocenters. The highest BCUT2D eigenvalue weighted by molar-refractivity contribution is 6.02. The molecule has 48 heavy (non-hydrogen) atoms. The van der Waals surface area contributed by atoms with E-state index in [-0.39, 0.29) is 49.4 Å². The zero-order valence-corrected chi connectivity index (χ0v) is 25.6. The van der Waals surface area contributed by atoms with E-state index in [9.17, 15) is 50.4 Å². The van der Waals surface area contributed by atoms with Gasteiger partial charge in [0.2, 0.25) is 22.4 Å². The minimum absolute atomic E-state index is 0.0824. The molecule has 0 fully saturated rings. The van der Waals surface area contributed by atoms with Crippen molar-refractivity contribution < 1.29 is 49.7 Å². The molecule has 12 heteroatoms. The van der Waals surface area contributed by atoms with Crippen LogP contribution in [-0.4, -0.2) is 40.9 Å². The number of phenolic OH excluding ortho intramolecular Hbond substituents is 8. The van der Waals surface area contributed by atoms with Gasteiger partial charge in [0.1, 0.15) is 44.9 Å². The van der Waals surface area contributed by atoms with E-state index in [1.54, 1.807) is 0 Å². The molecule has 4 aromatic carbocycles. The summed E-state index contributed by atoms with van der Waals surface area (Å²) >= 11 is 0. The first kappa shape index (κ1) is 29.4. The fraction of sp³-hybridized carbons (Fsp3) is 0.222. The molecule has 8 rings (SSSR count). The molecule has 6 aromatic rings. The summed E-state index contributed by atoms with van der Waals surface area (Å²) in [6, 6.07) is 5.25. The Morgan fingerprint density at radius 2 is 1.19 bits per heavy atom. The lowest BCUT2D eigenvalue weighted by Crippen LogP contribution is -2.33. The van der Waals surface area contributed by atoms with Gasteiger partial charge in [-0.3, -0.25) is 9.59 Å². The second-order valence-electron chi connectivity index (χ2n) is 13.5. The molecule has 2 aliphatic carbocycles. The number of fused-ring (bicyclic) bond motifs is 8. The van der Waals surface area contributed by atoms with Crippen LogP contribution in [0.25, 0.3) is 43.9 Å². The van der Waals surface area contributed by atoms with Crippen molar-refractivity contribution in [1.29, 1.82) is 0 Å². The van der Waals surface area contributed by atoms with Gasteiger partial charge in [-0.2, -0.15) is 0 Å². The van der Waals surface area contributed by atoms with Crippen LogP contribution in [-0.2, 0) is 0 Å². The number of aromatic hydroxyl groups is 8. The summed E-state index contributed by atoms with van der Waals surface area (Å²) in [5, 5.41) is 85.6. The summed E-state index contributed by atoms with van der Waals surface area (Å²) in [7, 11) is 0. The molecule has 2 aromatic heterocycles. The summed E-state index contributed by atoms with van der Waals surface area (Å²) < 4.78 is 11.8. The Balaban J connectivity index is 1.62. The van der Waals surface area contributed by atoms with Gasteiger partial charge in [-0.25, -0.2) is 0 Å². The molecule has 3 atom stereocenters. The Hall–Kier alpha value is -6.04. The predicted octanol–water partition coefficient (Wildman–Crippen LogP) is 6.07. The highest BCUT2D eigenvalue weighted by Gasteiger charge is 2.53. The van der Waals surface area contributed by atoms with Gasteiger partial charge in [0.15, 0.2) is 22.7 Å². The monoisotopic (exact) mass is 652 g/mol. The molecular formula is C36H28O12. The lowest BCUT2D eigenvalue weighted by molar-refractivity contribution is 0.173. The maximum Gasteiger partial charge on any atom is 0.204 e. The minimum atomic E-state index is -1.02. The Morgan fingerprint density at radius 1 is 0.646 bits per heavy atom. The van der Waals surface area contributed by atoms with Crippen LogP contribution < -0.4 is 10.9 Å². The lowest BCUT2D eigenvalue weighted by Gasteiger charge is -2.43. The van der Waals surface area contributed by atoms with Gasteiger partial charge in [0.05, 0.1) is 10.8 Å². The van der Waals surface area contributed by atoms with E-state index < -0.39 is 91.2 Å². The largest absolute Gasteiger partial charge is 0.508 e. The summed E-state index contributed by atoms with van der Waals surface area (Å²) in [5.74, 6) is -7.02. The van der Waals surface area contributed by atoms with E-state index in [0.717, 1.165) is 29.8 Å². The van der Waals surface area contributed by atoms with E-state index in [1.807, 2.05) is 26.8 Å². The molecule has 0 aliphatic heterocycles. The molecule has 12 nitrogen and oxygen atoms in total. The van der Waals surface area contributed by atoms with Crippen molar-refractivity contribution >= 4 is 43.9 Å². The van der Waals surface area contributed by atoms with Gasteiger partial charge in [-0.1, -0.05) is 25.5 Å². The van der Waals surface area contributed by atoms with Gasteiger partial charge in [0, 0.05) is 41.7 Å². The number of benzene rings is 4. The first-order chi connectivity index (χ1) is 22.6. The zero-order valence-electron chi connectivity index (χ0n) is 25.6. The second-order valence-corrected chi connectivity index (χ2v) is 13.5. The number of hydrogen-bond donors (Lipinski definition) is 8. The third-order valence-corrected chi connectivity index (χ3v) is 10.0. The van der Waals surface area contributed by atoms with Crippen LogP contribution >= 0.6 is 0 Å².